The van der Waals surface area contributed by atoms with Crippen LogP contribution >= 0.6 is 0 Å². The maximum Gasteiger partial charge on any atom is 0.337 e. The molecule has 0 bridgehead atoms. The van der Waals surface area contributed by atoms with Gasteiger partial charge in [0.05, 0.1) is 30.5 Å². The molecule has 1 fully saturated rings. The summed E-state index contributed by atoms with van der Waals surface area (Å²) in [6, 6.07) is 3.82. The number of sulfonamides is 1. The topological polar surface area (TPSA) is 119 Å². The van der Waals surface area contributed by atoms with E-state index in [1.54, 1.807) is 0 Å². The van der Waals surface area contributed by atoms with Gasteiger partial charge in [0.15, 0.2) is 0 Å². The van der Waals surface area contributed by atoms with Gasteiger partial charge in [-0.2, -0.15) is 0 Å². The third-order valence-corrected chi connectivity index (χ3v) is 4.88. The third-order valence-electron chi connectivity index (χ3n) is 3.23. The number of rotatable bonds is 5. The summed E-state index contributed by atoms with van der Waals surface area (Å²) < 4.78 is 31.4. The van der Waals surface area contributed by atoms with Crippen molar-refractivity contribution < 1.29 is 23.1 Å². The number of esters is 1. The molecule has 1 aromatic rings. The van der Waals surface area contributed by atoms with Gasteiger partial charge in [-0.15, -0.1) is 0 Å². The second-order valence-electron chi connectivity index (χ2n) is 4.79. The van der Waals surface area contributed by atoms with E-state index in [1.165, 1.54) is 25.3 Å². The normalized spacial score (nSPS) is 16.7. The van der Waals surface area contributed by atoms with Gasteiger partial charge in [0, 0.05) is 0 Å². The van der Waals surface area contributed by atoms with Crippen molar-refractivity contribution in [3.63, 3.8) is 0 Å². The molecule has 1 aliphatic carbocycles. The van der Waals surface area contributed by atoms with Crippen LogP contribution in [0.1, 0.15) is 23.2 Å². The van der Waals surface area contributed by atoms with Crippen molar-refractivity contribution in [2.24, 2.45) is 0 Å². The zero-order valence-electron chi connectivity index (χ0n) is 10.9. The van der Waals surface area contributed by atoms with Gasteiger partial charge in [0.2, 0.25) is 10.0 Å². The summed E-state index contributed by atoms with van der Waals surface area (Å²) >= 11 is 0. The molecule has 7 nitrogen and oxygen atoms in total. The molecule has 1 aliphatic rings. The Morgan fingerprint density at radius 3 is 2.60 bits per heavy atom. The summed E-state index contributed by atoms with van der Waals surface area (Å²) in [6.45, 7) is -0.258. The van der Waals surface area contributed by atoms with Gasteiger partial charge in [-0.25, -0.2) is 17.9 Å². The summed E-state index contributed by atoms with van der Waals surface area (Å²) in [5, 5.41) is 9.17. The lowest BCUT2D eigenvalue weighted by Crippen LogP contribution is -2.39. The number of nitrogens with one attached hydrogen (secondary N) is 1. The lowest BCUT2D eigenvalue weighted by atomic mass is 10.2. The first-order valence-corrected chi connectivity index (χ1v) is 7.44. The minimum Gasteiger partial charge on any atom is -0.465 e. The maximum absolute atomic E-state index is 12.2. The average Bonchev–Trinajstić information content (AvgIpc) is 3.16. The first-order chi connectivity index (χ1) is 9.33. The van der Waals surface area contributed by atoms with Crippen LogP contribution in [0, 0.1) is 0 Å². The highest BCUT2D eigenvalue weighted by atomic mass is 32.2. The van der Waals surface area contributed by atoms with Crippen LogP contribution in [-0.4, -0.2) is 38.7 Å². The highest BCUT2D eigenvalue weighted by Gasteiger charge is 2.45. The summed E-state index contributed by atoms with van der Waals surface area (Å²) in [4.78, 5) is 11.2. The van der Waals surface area contributed by atoms with Gasteiger partial charge in [-0.05, 0) is 31.0 Å². The van der Waals surface area contributed by atoms with E-state index in [0.29, 0.717) is 12.8 Å². The molecule has 0 spiro atoms. The van der Waals surface area contributed by atoms with Crippen LogP contribution in [0.15, 0.2) is 23.1 Å². The summed E-state index contributed by atoms with van der Waals surface area (Å²) in [6.07, 6.45) is 1.17. The van der Waals surface area contributed by atoms with Crippen molar-refractivity contribution in [3.05, 3.63) is 23.8 Å². The van der Waals surface area contributed by atoms with Crippen LogP contribution in [0.25, 0.3) is 0 Å². The third kappa shape index (κ3) is 2.77. The van der Waals surface area contributed by atoms with E-state index in [-0.39, 0.29) is 22.8 Å². The zero-order chi connectivity index (χ0) is 15.0. The van der Waals surface area contributed by atoms with E-state index in [2.05, 4.69) is 9.46 Å². The van der Waals surface area contributed by atoms with Crippen molar-refractivity contribution in [1.29, 1.82) is 0 Å². The number of aliphatic hydroxyl groups is 1. The molecule has 110 valence electrons. The smallest absolute Gasteiger partial charge is 0.337 e. The number of anilines is 1. The average molecular weight is 300 g/mol. The van der Waals surface area contributed by atoms with Gasteiger partial charge in [-0.1, -0.05) is 0 Å². The largest absolute Gasteiger partial charge is 0.465 e. The van der Waals surface area contributed by atoms with E-state index >= 15 is 0 Å². The Morgan fingerprint density at radius 1 is 1.50 bits per heavy atom. The minimum absolute atomic E-state index is 0.0471. The first kappa shape index (κ1) is 14.8. The number of carbonyl (C=O) groups excluding carboxylic acids is 1. The number of hydrogen-bond donors (Lipinski definition) is 3. The van der Waals surface area contributed by atoms with E-state index in [0.717, 1.165) is 0 Å². The highest BCUT2D eigenvalue weighted by molar-refractivity contribution is 7.89. The fourth-order valence-electron chi connectivity index (χ4n) is 1.82. The Bertz CT molecular complexity index is 637. The fourth-order valence-corrected chi connectivity index (χ4v) is 3.39. The van der Waals surface area contributed by atoms with E-state index in [1.807, 2.05) is 0 Å². The van der Waals surface area contributed by atoms with Crippen LogP contribution in [-0.2, 0) is 14.8 Å². The molecule has 2 rings (SSSR count). The zero-order valence-corrected chi connectivity index (χ0v) is 11.7. The van der Waals surface area contributed by atoms with Crippen LogP contribution in [0.3, 0.4) is 0 Å². The lowest BCUT2D eigenvalue weighted by molar-refractivity contribution is 0.0600. The number of nitrogen functional groups attached to an aromatic ring is 1. The highest BCUT2D eigenvalue weighted by Crippen LogP contribution is 2.36. The molecule has 0 saturated heterocycles. The van der Waals surface area contributed by atoms with Crippen molar-refractivity contribution in [1.82, 2.24) is 4.72 Å². The molecule has 1 saturated carbocycles. The quantitative estimate of drug-likeness (QED) is 0.514. The molecule has 0 amide bonds. The Labute approximate surface area is 116 Å². The molecule has 1 aromatic carbocycles. The van der Waals surface area contributed by atoms with E-state index < -0.39 is 21.5 Å². The Hall–Kier alpha value is -1.64. The lowest BCUT2D eigenvalue weighted by Gasteiger charge is -2.16. The maximum atomic E-state index is 12.2. The molecule has 8 heteroatoms. The van der Waals surface area contributed by atoms with E-state index in [4.69, 9.17) is 10.8 Å². The second kappa shape index (κ2) is 5.04. The van der Waals surface area contributed by atoms with Crippen LogP contribution in [0.5, 0.6) is 0 Å². The molecule has 4 N–H and O–H groups in total. The number of ether oxygens (including phenoxy) is 1. The van der Waals surface area contributed by atoms with Gasteiger partial charge < -0.3 is 15.6 Å². The van der Waals surface area contributed by atoms with Crippen LogP contribution in [0.4, 0.5) is 5.69 Å². The molecular formula is C12H16N2O5S. The standard InChI is InChI=1S/C12H16N2O5S/c1-19-11(16)8-2-3-10(9(13)6-8)20(17,18)14-12(7-15)4-5-12/h2-3,6,14-15H,4-5,7,13H2,1H3. The molecule has 0 heterocycles. The summed E-state index contributed by atoms with van der Waals surface area (Å²) in [7, 11) is -2.61. The molecule has 20 heavy (non-hydrogen) atoms. The van der Waals surface area contributed by atoms with Gasteiger partial charge in [0.25, 0.3) is 0 Å². The molecule has 0 radical (unpaired) electrons. The Kier molecular flexibility index (Phi) is 3.72. The summed E-state index contributed by atoms with van der Waals surface area (Å²) in [5.41, 5.74) is 5.05. The monoisotopic (exact) mass is 300 g/mol. The van der Waals surface area contributed by atoms with Gasteiger partial charge >= 0.3 is 5.97 Å². The number of methoxy groups -OCH3 is 1. The number of hydrogen-bond acceptors (Lipinski definition) is 6. The summed E-state index contributed by atoms with van der Waals surface area (Å²) in [5.74, 6) is -0.595. The molecule has 0 aliphatic heterocycles. The van der Waals surface area contributed by atoms with Crippen molar-refractivity contribution in [2.45, 2.75) is 23.3 Å². The predicted molar refractivity (Wildman–Crippen MR) is 71.6 cm³/mol. The number of nitrogens with two attached hydrogens (primary N) is 1. The van der Waals surface area contributed by atoms with Gasteiger partial charge in [-0.3, -0.25) is 0 Å². The SMILES string of the molecule is COC(=O)c1ccc(S(=O)(=O)NC2(CO)CC2)c(N)c1. The Morgan fingerprint density at radius 2 is 2.15 bits per heavy atom. The van der Waals surface area contributed by atoms with Crippen molar-refractivity contribution >= 4 is 21.7 Å². The minimum atomic E-state index is -3.83. The molecular weight excluding hydrogens is 284 g/mol. The van der Waals surface area contributed by atoms with Crippen LogP contribution in [0.2, 0.25) is 0 Å². The molecule has 0 unspecified atom stereocenters. The molecule has 0 atom stereocenters. The van der Waals surface area contributed by atoms with Crippen molar-refractivity contribution in [2.75, 3.05) is 19.5 Å². The predicted octanol–water partition coefficient (Wildman–Crippen LogP) is -0.141. The molecule has 0 aromatic heterocycles. The fraction of sp³-hybridized carbons (Fsp3) is 0.417. The first-order valence-electron chi connectivity index (χ1n) is 5.96. The second-order valence-corrected chi connectivity index (χ2v) is 6.44. The number of benzene rings is 1. The van der Waals surface area contributed by atoms with Gasteiger partial charge in [0.1, 0.15) is 4.90 Å². The number of carbonyl (C=O) groups is 1. The number of aliphatic hydroxyl groups excluding tert-OH is 1. The van der Waals surface area contributed by atoms with E-state index in [9.17, 15) is 13.2 Å². The Balaban J connectivity index is 2.31. The van der Waals surface area contributed by atoms with Crippen molar-refractivity contribution in [3.8, 4) is 0 Å². The van der Waals surface area contributed by atoms with Crippen LogP contribution < -0.4 is 10.5 Å².